The van der Waals surface area contributed by atoms with Crippen LogP contribution in [0.1, 0.15) is 24.1 Å². The number of aryl methyl sites for hydroxylation is 1. The van der Waals surface area contributed by atoms with Gasteiger partial charge in [-0.25, -0.2) is 4.79 Å². The molecule has 1 atom stereocenters. The van der Waals surface area contributed by atoms with Crippen LogP contribution < -0.4 is 10.6 Å². The zero-order chi connectivity index (χ0) is 15.9. The Kier molecular flexibility index (Phi) is 5.89. The van der Waals surface area contributed by atoms with Crippen LogP contribution in [0.25, 0.3) is 0 Å². The molecule has 2 amide bonds. The van der Waals surface area contributed by atoms with E-state index in [2.05, 4.69) is 46.3 Å². The highest BCUT2D eigenvalue weighted by Crippen LogP contribution is 2.15. The number of urea groups is 1. The summed E-state index contributed by atoms with van der Waals surface area (Å²) >= 11 is 1.73. The number of hydrogen-bond acceptors (Lipinski definition) is 3. The van der Waals surface area contributed by atoms with E-state index < -0.39 is 0 Å². The normalized spacial score (nSPS) is 12.0. The summed E-state index contributed by atoms with van der Waals surface area (Å²) in [6.07, 6.45) is 6.55. The molecule has 1 aromatic carbocycles. The molecule has 0 aliphatic rings. The van der Waals surface area contributed by atoms with E-state index >= 15 is 0 Å². The van der Waals surface area contributed by atoms with Crippen molar-refractivity contribution >= 4 is 17.8 Å². The van der Waals surface area contributed by atoms with Gasteiger partial charge in [0.1, 0.15) is 0 Å². The van der Waals surface area contributed by atoms with E-state index in [4.69, 9.17) is 0 Å². The van der Waals surface area contributed by atoms with E-state index in [1.165, 1.54) is 10.5 Å². The minimum Gasteiger partial charge on any atom is -0.338 e. The maximum atomic E-state index is 11.9. The van der Waals surface area contributed by atoms with Crippen molar-refractivity contribution in [2.45, 2.75) is 24.3 Å². The molecule has 0 aliphatic heterocycles. The number of benzene rings is 1. The van der Waals surface area contributed by atoms with Gasteiger partial charge in [0.15, 0.2) is 0 Å². The van der Waals surface area contributed by atoms with Crippen molar-refractivity contribution in [3.63, 3.8) is 0 Å². The highest BCUT2D eigenvalue weighted by atomic mass is 32.2. The van der Waals surface area contributed by atoms with Crippen molar-refractivity contribution in [1.82, 2.24) is 20.4 Å². The van der Waals surface area contributed by atoms with E-state index in [0.29, 0.717) is 6.54 Å². The summed E-state index contributed by atoms with van der Waals surface area (Å²) in [7, 11) is 1.86. The first-order chi connectivity index (χ1) is 10.6. The Bertz CT molecular complexity index is 609. The van der Waals surface area contributed by atoms with Crippen LogP contribution in [0.2, 0.25) is 0 Å². The summed E-state index contributed by atoms with van der Waals surface area (Å²) in [4.78, 5) is 13.1. The molecule has 0 radical (unpaired) electrons. The fraction of sp³-hybridized carbons (Fsp3) is 0.375. The third-order valence-corrected chi connectivity index (χ3v) is 4.17. The van der Waals surface area contributed by atoms with Gasteiger partial charge >= 0.3 is 6.03 Å². The minimum absolute atomic E-state index is 0.0606. The number of hydrogen-bond donors (Lipinski definition) is 2. The van der Waals surface area contributed by atoms with Gasteiger partial charge < -0.3 is 10.6 Å². The Hall–Kier alpha value is -1.95. The van der Waals surface area contributed by atoms with Gasteiger partial charge in [-0.15, -0.1) is 11.8 Å². The molecule has 0 fully saturated rings. The van der Waals surface area contributed by atoms with Gasteiger partial charge in [0.25, 0.3) is 0 Å². The first-order valence-electron chi connectivity index (χ1n) is 7.24. The quantitative estimate of drug-likeness (QED) is 0.805. The zero-order valence-electron chi connectivity index (χ0n) is 13.2. The van der Waals surface area contributed by atoms with Crippen LogP contribution >= 0.6 is 11.8 Å². The second-order valence-corrected chi connectivity index (χ2v) is 6.05. The Morgan fingerprint density at radius 1 is 1.36 bits per heavy atom. The summed E-state index contributed by atoms with van der Waals surface area (Å²) < 4.78 is 1.73. The van der Waals surface area contributed by atoms with Crippen molar-refractivity contribution in [3.05, 3.63) is 47.8 Å². The smallest absolute Gasteiger partial charge is 0.315 e. The summed E-state index contributed by atoms with van der Waals surface area (Å²) in [5.41, 5.74) is 2.21. The largest absolute Gasteiger partial charge is 0.338 e. The van der Waals surface area contributed by atoms with Gasteiger partial charge in [-0.05, 0) is 37.3 Å². The molecule has 1 aromatic heterocycles. The first kappa shape index (κ1) is 16.4. The summed E-state index contributed by atoms with van der Waals surface area (Å²) in [5, 5.41) is 9.90. The number of nitrogens with zero attached hydrogens (tertiary/aromatic N) is 2. The molecular weight excluding hydrogens is 296 g/mol. The molecular formula is C16H22N4OS. The Morgan fingerprint density at radius 3 is 2.68 bits per heavy atom. The van der Waals surface area contributed by atoms with Gasteiger partial charge in [0.05, 0.1) is 12.2 Å². The highest BCUT2D eigenvalue weighted by Gasteiger charge is 2.10. The molecule has 5 nitrogen and oxygen atoms in total. The number of amides is 2. The number of thioether (sulfide) groups is 1. The van der Waals surface area contributed by atoms with Crippen LogP contribution in [0.15, 0.2) is 41.6 Å². The fourth-order valence-electron chi connectivity index (χ4n) is 2.11. The number of carbonyl (C=O) groups excluding carboxylic acids is 1. The van der Waals surface area contributed by atoms with E-state index in [9.17, 15) is 4.79 Å². The second-order valence-electron chi connectivity index (χ2n) is 5.17. The molecule has 0 saturated heterocycles. The van der Waals surface area contributed by atoms with Crippen LogP contribution in [0.5, 0.6) is 0 Å². The third-order valence-electron chi connectivity index (χ3n) is 3.43. The predicted octanol–water partition coefficient (Wildman–Crippen LogP) is 2.74. The van der Waals surface area contributed by atoms with Crippen LogP contribution in [0.3, 0.4) is 0 Å². The van der Waals surface area contributed by atoms with Crippen LogP contribution in [0, 0.1) is 0 Å². The molecule has 2 rings (SSSR count). The summed E-state index contributed by atoms with van der Waals surface area (Å²) in [5.74, 6) is 0. The number of carbonyl (C=O) groups is 1. The van der Waals surface area contributed by atoms with Gasteiger partial charge in [-0.3, -0.25) is 4.68 Å². The molecule has 0 bridgehead atoms. The SMILES string of the molecule is CSc1ccc(CCNC(=O)NC(C)c2cnn(C)c2)cc1. The lowest BCUT2D eigenvalue weighted by Crippen LogP contribution is -2.37. The standard InChI is InChI=1S/C16H22N4OS/c1-12(14-10-18-20(2)11-14)19-16(21)17-9-8-13-4-6-15(22-3)7-5-13/h4-7,10-12H,8-9H2,1-3H3,(H2,17,19,21). The molecule has 1 heterocycles. The molecule has 22 heavy (non-hydrogen) atoms. The first-order valence-corrected chi connectivity index (χ1v) is 8.47. The van der Waals surface area contributed by atoms with Crippen molar-refractivity contribution in [2.75, 3.05) is 12.8 Å². The number of aromatic nitrogens is 2. The van der Waals surface area contributed by atoms with Crippen molar-refractivity contribution in [2.24, 2.45) is 7.05 Å². The average molecular weight is 318 g/mol. The van der Waals surface area contributed by atoms with Gasteiger partial charge in [-0.2, -0.15) is 5.10 Å². The number of rotatable bonds is 6. The van der Waals surface area contributed by atoms with Crippen LogP contribution in [-0.2, 0) is 13.5 Å². The molecule has 6 heteroatoms. The van der Waals surface area contributed by atoms with E-state index in [1.54, 1.807) is 22.6 Å². The molecule has 118 valence electrons. The van der Waals surface area contributed by atoms with Gasteiger partial charge in [-0.1, -0.05) is 12.1 Å². The lowest BCUT2D eigenvalue weighted by atomic mass is 10.1. The molecule has 2 N–H and O–H groups in total. The van der Waals surface area contributed by atoms with Gasteiger partial charge in [0.2, 0.25) is 0 Å². The minimum atomic E-state index is -0.155. The topological polar surface area (TPSA) is 59.0 Å². The van der Waals surface area contributed by atoms with E-state index in [0.717, 1.165) is 12.0 Å². The maximum absolute atomic E-state index is 11.9. The molecule has 2 aromatic rings. The van der Waals surface area contributed by atoms with Crippen LogP contribution in [-0.4, -0.2) is 28.6 Å². The summed E-state index contributed by atoms with van der Waals surface area (Å²) in [6, 6.07) is 8.19. The second kappa shape index (κ2) is 7.89. The zero-order valence-corrected chi connectivity index (χ0v) is 14.0. The Balaban J connectivity index is 1.73. The monoisotopic (exact) mass is 318 g/mol. The molecule has 1 unspecified atom stereocenters. The van der Waals surface area contributed by atoms with Gasteiger partial charge in [0, 0.05) is 30.2 Å². The highest BCUT2D eigenvalue weighted by molar-refractivity contribution is 7.98. The fourth-order valence-corrected chi connectivity index (χ4v) is 2.52. The number of nitrogens with one attached hydrogen (secondary N) is 2. The Labute approximate surface area is 135 Å². The predicted molar refractivity (Wildman–Crippen MR) is 90.1 cm³/mol. The van der Waals surface area contributed by atoms with E-state index in [1.807, 2.05) is 20.2 Å². The summed E-state index contributed by atoms with van der Waals surface area (Å²) in [6.45, 7) is 2.56. The van der Waals surface area contributed by atoms with Crippen LogP contribution in [0.4, 0.5) is 4.79 Å². The molecule has 0 spiro atoms. The van der Waals surface area contributed by atoms with E-state index in [-0.39, 0.29) is 12.1 Å². The van der Waals surface area contributed by atoms with Crippen molar-refractivity contribution in [3.8, 4) is 0 Å². The lowest BCUT2D eigenvalue weighted by molar-refractivity contribution is 0.238. The lowest BCUT2D eigenvalue weighted by Gasteiger charge is -2.13. The third kappa shape index (κ3) is 4.80. The average Bonchev–Trinajstić information content (AvgIpc) is 2.94. The Morgan fingerprint density at radius 2 is 2.09 bits per heavy atom. The molecule has 0 aliphatic carbocycles. The van der Waals surface area contributed by atoms with Crippen molar-refractivity contribution in [1.29, 1.82) is 0 Å². The maximum Gasteiger partial charge on any atom is 0.315 e. The molecule has 0 saturated carbocycles. The van der Waals surface area contributed by atoms with Crippen molar-refractivity contribution < 1.29 is 4.79 Å².